The van der Waals surface area contributed by atoms with Gasteiger partial charge in [0.2, 0.25) is 0 Å². The second kappa shape index (κ2) is 12.5. The van der Waals surface area contributed by atoms with E-state index in [1.54, 1.807) is 0 Å². The molecular weight excluding hydrogens is 465 g/mol. The van der Waals surface area contributed by atoms with E-state index in [1.165, 1.54) is 12.1 Å². The predicted molar refractivity (Wildman–Crippen MR) is 128 cm³/mol. The first-order chi connectivity index (χ1) is 13.3. The summed E-state index contributed by atoms with van der Waals surface area (Å²) in [5.74, 6) is 1.05. The van der Waals surface area contributed by atoms with E-state index in [9.17, 15) is 0 Å². The van der Waals surface area contributed by atoms with Crippen molar-refractivity contribution in [1.29, 1.82) is 0 Å². The van der Waals surface area contributed by atoms with Crippen LogP contribution in [-0.2, 0) is 4.74 Å². The van der Waals surface area contributed by atoms with Crippen LogP contribution in [0.5, 0.6) is 0 Å². The lowest BCUT2D eigenvalue weighted by molar-refractivity contribution is 0.0195. The number of guanidine groups is 1. The predicted octanol–water partition coefficient (Wildman–Crippen LogP) is 2.50. The Bertz CT molecular complexity index is 579. The number of aliphatic imine (C=N–C) groups is 1. The van der Waals surface area contributed by atoms with Gasteiger partial charge in [-0.2, -0.15) is 0 Å². The normalized spacial score (nSPS) is 20.7. The van der Waals surface area contributed by atoms with E-state index >= 15 is 0 Å². The summed E-state index contributed by atoms with van der Waals surface area (Å²) in [7, 11) is 1.90. The van der Waals surface area contributed by atoms with E-state index in [0.29, 0.717) is 6.04 Å². The number of anilines is 1. The van der Waals surface area contributed by atoms with Gasteiger partial charge in [0.25, 0.3) is 0 Å². The van der Waals surface area contributed by atoms with Crippen molar-refractivity contribution in [2.75, 3.05) is 71.0 Å². The molecule has 2 aliphatic rings. The van der Waals surface area contributed by atoms with Crippen LogP contribution in [0.3, 0.4) is 0 Å². The van der Waals surface area contributed by atoms with Crippen LogP contribution in [0.2, 0.25) is 0 Å². The molecule has 3 rings (SSSR count). The molecule has 2 saturated heterocycles. The van der Waals surface area contributed by atoms with Crippen molar-refractivity contribution in [3.8, 4) is 0 Å². The van der Waals surface area contributed by atoms with E-state index in [4.69, 9.17) is 4.74 Å². The zero-order valence-electron chi connectivity index (χ0n) is 17.3. The third-order valence-electron chi connectivity index (χ3n) is 5.63. The van der Waals surface area contributed by atoms with Crippen molar-refractivity contribution in [2.45, 2.75) is 25.8 Å². The standard InChI is InChI=1S/C21H35N5O.HI/c1-3-24(19-8-5-4-6-9-19)12-7-11-23-21(22-2)26-13-10-20(18-26)25-14-16-27-17-15-25;/h4-6,8-9,20H,3,7,10-18H2,1-2H3,(H,22,23);1H. The van der Waals surface area contributed by atoms with E-state index in [2.05, 4.69) is 62.3 Å². The molecule has 0 radical (unpaired) electrons. The Hall–Kier alpha value is -1.06. The minimum atomic E-state index is 0. The monoisotopic (exact) mass is 501 g/mol. The third kappa shape index (κ3) is 6.49. The summed E-state index contributed by atoms with van der Waals surface area (Å²) in [6.45, 7) is 11.3. The maximum Gasteiger partial charge on any atom is 0.193 e. The summed E-state index contributed by atoms with van der Waals surface area (Å²) in [4.78, 5) is 11.9. The van der Waals surface area contributed by atoms with Crippen molar-refractivity contribution in [1.82, 2.24) is 15.1 Å². The van der Waals surface area contributed by atoms with Gasteiger partial charge in [0.1, 0.15) is 0 Å². The van der Waals surface area contributed by atoms with Gasteiger partial charge >= 0.3 is 0 Å². The Morgan fingerprint density at radius 3 is 2.64 bits per heavy atom. The second-order valence-corrected chi connectivity index (χ2v) is 7.28. The van der Waals surface area contributed by atoms with Crippen molar-refractivity contribution < 1.29 is 4.74 Å². The average molecular weight is 501 g/mol. The van der Waals surface area contributed by atoms with Crippen LogP contribution in [0.4, 0.5) is 5.69 Å². The number of likely N-dealkylation sites (tertiary alicyclic amines) is 1. The lowest BCUT2D eigenvalue weighted by Gasteiger charge is -2.32. The van der Waals surface area contributed by atoms with Crippen LogP contribution in [-0.4, -0.2) is 87.9 Å². The zero-order chi connectivity index (χ0) is 18.9. The molecule has 0 aliphatic carbocycles. The quantitative estimate of drug-likeness (QED) is 0.269. The molecule has 0 bridgehead atoms. The van der Waals surface area contributed by atoms with Crippen LogP contribution >= 0.6 is 24.0 Å². The molecular formula is C21H36IN5O. The Morgan fingerprint density at radius 1 is 1.21 bits per heavy atom. The smallest absolute Gasteiger partial charge is 0.193 e. The van der Waals surface area contributed by atoms with Crippen LogP contribution in [0, 0.1) is 0 Å². The number of para-hydroxylation sites is 1. The summed E-state index contributed by atoms with van der Waals surface area (Å²) < 4.78 is 5.49. The highest BCUT2D eigenvalue weighted by molar-refractivity contribution is 14.0. The number of halogens is 1. The number of nitrogens with zero attached hydrogens (tertiary/aromatic N) is 4. The average Bonchev–Trinajstić information content (AvgIpc) is 3.22. The summed E-state index contributed by atoms with van der Waals surface area (Å²) in [6, 6.07) is 11.3. The van der Waals surface area contributed by atoms with Crippen LogP contribution in [0.1, 0.15) is 19.8 Å². The lowest BCUT2D eigenvalue weighted by Crippen LogP contribution is -2.47. The summed E-state index contributed by atoms with van der Waals surface area (Å²) in [5.41, 5.74) is 1.30. The van der Waals surface area contributed by atoms with E-state index in [1.807, 2.05) is 7.05 Å². The summed E-state index contributed by atoms with van der Waals surface area (Å²) >= 11 is 0. The number of nitrogens with one attached hydrogen (secondary N) is 1. The molecule has 2 aliphatic heterocycles. The SMILES string of the molecule is CCN(CCCNC(=NC)N1CCC(N2CCOCC2)C1)c1ccccc1.I. The number of morpholine rings is 1. The molecule has 2 fully saturated rings. The topological polar surface area (TPSA) is 43.3 Å². The minimum absolute atomic E-state index is 0. The molecule has 1 aromatic rings. The highest BCUT2D eigenvalue weighted by Gasteiger charge is 2.30. The number of hydrogen-bond donors (Lipinski definition) is 1. The fourth-order valence-corrected chi connectivity index (χ4v) is 4.09. The van der Waals surface area contributed by atoms with Crippen LogP contribution in [0.25, 0.3) is 0 Å². The lowest BCUT2D eigenvalue weighted by atomic mass is 10.2. The van der Waals surface area contributed by atoms with Gasteiger partial charge < -0.3 is 19.9 Å². The molecule has 28 heavy (non-hydrogen) atoms. The molecule has 1 N–H and O–H groups in total. The first kappa shape index (κ1) is 23.2. The van der Waals surface area contributed by atoms with E-state index in [0.717, 1.165) is 71.4 Å². The first-order valence-electron chi connectivity index (χ1n) is 10.4. The Labute approximate surface area is 187 Å². The largest absolute Gasteiger partial charge is 0.379 e. The fraction of sp³-hybridized carbons (Fsp3) is 0.667. The van der Waals surface area contributed by atoms with E-state index < -0.39 is 0 Å². The van der Waals surface area contributed by atoms with Gasteiger partial charge in [-0.05, 0) is 31.9 Å². The molecule has 158 valence electrons. The first-order valence-corrected chi connectivity index (χ1v) is 10.4. The summed E-state index contributed by atoms with van der Waals surface area (Å²) in [5, 5.41) is 3.57. The Balaban J connectivity index is 0.00000280. The Kier molecular flexibility index (Phi) is 10.4. The van der Waals surface area contributed by atoms with Gasteiger partial charge in [0.05, 0.1) is 13.2 Å². The van der Waals surface area contributed by atoms with Crippen molar-refractivity contribution in [3.63, 3.8) is 0 Å². The molecule has 0 amide bonds. The summed E-state index contributed by atoms with van der Waals surface area (Å²) in [6.07, 6.45) is 2.32. The molecule has 1 unspecified atom stereocenters. The molecule has 1 atom stereocenters. The molecule has 0 spiro atoms. The van der Waals surface area contributed by atoms with Gasteiger partial charge in [-0.15, -0.1) is 24.0 Å². The van der Waals surface area contributed by atoms with E-state index in [-0.39, 0.29) is 24.0 Å². The maximum absolute atomic E-state index is 5.49. The van der Waals surface area contributed by atoms with Crippen molar-refractivity contribution >= 4 is 35.6 Å². The van der Waals surface area contributed by atoms with Gasteiger partial charge in [-0.3, -0.25) is 9.89 Å². The van der Waals surface area contributed by atoms with Gasteiger partial charge in [-0.1, -0.05) is 18.2 Å². The molecule has 2 heterocycles. The highest BCUT2D eigenvalue weighted by Crippen LogP contribution is 2.17. The number of rotatable bonds is 7. The minimum Gasteiger partial charge on any atom is -0.379 e. The highest BCUT2D eigenvalue weighted by atomic mass is 127. The van der Waals surface area contributed by atoms with Crippen molar-refractivity contribution in [2.24, 2.45) is 4.99 Å². The Morgan fingerprint density at radius 2 is 1.96 bits per heavy atom. The van der Waals surface area contributed by atoms with Gasteiger partial charge in [0, 0.05) is 64.6 Å². The zero-order valence-corrected chi connectivity index (χ0v) is 19.7. The van der Waals surface area contributed by atoms with Crippen LogP contribution in [0.15, 0.2) is 35.3 Å². The second-order valence-electron chi connectivity index (χ2n) is 7.28. The molecule has 0 aromatic heterocycles. The van der Waals surface area contributed by atoms with Gasteiger partial charge in [0.15, 0.2) is 5.96 Å². The number of ether oxygens (including phenoxy) is 1. The molecule has 1 aromatic carbocycles. The third-order valence-corrected chi connectivity index (χ3v) is 5.63. The molecule has 7 heteroatoms. The van der Waals surface area contributed by atoms with Crippen molar-refractivity contribution in [3.05, 3.63) is 30.3 Å². The molecule has 6 nitrogen and oxygen atoms in total. The van der Waals surface area contributed by atoms with Gasteiger partial charge in [-0.25, -0.2) is 0 Å². The molecule has 0 saturated carbocycles. The van der Waals surface area contributed by atoms with Crippen LogP contribution < -0.4 is 10.2 Å². The number of benzene rings is 1. The number of hydrogen-bond acceptors (Lipinski definition) is 4. The fourth-order valence-electron chi connectivity index (χ4n) is 4.09. The maximum atomic E-state index is 5.49.